The first kappa shape index (κ1) is 14.2. The van der Waals surface area contributed by atoms with Gasteiger partial charge >= 0.3 is 0 Å². The number of carbonyl (C=O) groups is 2. The highest BCUT2D eigenvalue weighted by Crippen LogP contribution is 2.24. The number of rotatable bonds is 5. The molecule has 1 aliphatic rings. The largest absolute Gasteiger partial charge is 0.378 e. The number of carbonyl (C=O) groups excluding carboxylic acids is 2. The van der Waals surface area contributed by atoms with Crippen molar-refractivity contribution in [3.05, 3.63) is 0 Å². The standard InChI is InChI=1S/C13H23NO3/c1-10(15)8-11-6-5-7-14(11)12(16)9-13(2,3)17-4/h11H,5-9H2,1-4H3. The molecule has 1 rings (SSSR count). The fourth-order valence-electron chi connectivity index (χ4n) is 2.25. The Morgan fingerprint density at radius 3 is 2.59 bits per heavy atom. The van der Waals surface area contributed by atoms with Crippen molar-refractivity contribution >= 4 is 11.7 Å². The van der Waals surface area contributed by atoms with Crippen molar-refractivity contribution in [2.24, 2.45) is 0 Å². The molecule has 0 aromatic carbocycles. The van der Waals surface area contributed by atoms with Gasteiger partial charge in [0, 0.05) is 26.1 Å². The number of nitrogens with zero attached hydrogens (tertiary/aromatic N) is 1. The van der Waals surface area contributed by atoms with Crippen molar-refractivity contribution < 1.29 is 14.3 Å². The van der Waals surface area contributed by atoms with Crippen molar-refractivity contribution in [2.45, 2.75) is 58.1 Å². The van der Waals surface area contributed by atoms with Gasteiger partial charge in [-0.25, -0.2) is 0 Å². The maximum Gasteiger partial charge on any atom is 0.225 e. The minimum absolute atomic E-state index is 0.0978. The molecule has 98 valence electrons. The van der Waals surface area contributed by atoms with Gasteiger partial charge in [-0.3, -0.25) is 9.59 Å². The van der Waals surface area contributed by atoms with Crippen LogP contribution < -0.4 is 0 Å². The van der Waals surface area contributed by atoms with Gasteiger partial charge in [-0.1, -0.05) is 0 Å². The Balaban J connectivity index is 2.59. The first-order valence-electron chi connectivity index (χ1n) is 6.20. The number of methoxy groups -OCH3 is 1. The summed E-state index contributed by atoms with van der Waals surface area (Å²) in [6.07, 6.45) is 2.80. The number of likely N-dealkylation sites (tertiary alicyclic amines) is 1. The molecule has 1 atom stereocenters. The molecule has 4 heteroatoms. The van der Waals surface area contributed by atoms with E-state index in [1.807, 2.05) is 18.7 Å². The summed E-state index contributed by atoms with van der Waals surface area (Å²) in [7, 11) is 1.62. The Hall–Kier alpha value is -0.900. The van der Waals surface area contributed by atoms with Gasteiger partial charge in [0.2, 0.25) is 5.91 Å². The third kappa shape index (κ3) is 4.11. The summed E-state index contributed by atoms with van der Waals surface area (Å²) in [4.78, 5) is 25.1. The SMILES string of the molecule is COC(C)(C)CC(=O)N1CCCC1CC(C)=O. The van der Waals surface area contributed by atoms with Crippen LogP contribution in [-0.2, 0) is 14.3 Å². The predicted molar refractivity (Wildman–Crippen MR) is 65.7 cm³/mol. The fraction of sp³-hybridized carbons (Fsp3) is 0.846. The minimum atomic E-state index is -0.430. The van der Waals surface area contributed by atoms with Gasteiger partial charge in [0.15, 0.2) is 0 Å². The van der Waals surface area contributed by atoms with Crippen molar-refractivity contribution in [2.75, 3.05) is 13.7 Å². The lowest BCUT2D eigenvalue weighted by atomic mass is 10.0. The summed E-state index contributed by atoms with van der Waals surface area (Å²) in [5, 5.41) is 0. The summed E-state index contributed by atoms with van der Waals surface area (Å²) in [6.45, 7) is 6.17. The second-order valence-electron chi connectivity index (χ2n) is 5.43. The van der Waals surface area contributed by atoms with Crippen molar-refractivity contribution in [3.8, 4) is 0 Å². The smallest absolute Gasteiger partial charge is 0.225 e. The number of hydrogen-bond donors (Lipinski definition) is 0. The van der Waals surface area contributed by atoms with Crippen molar-refractivity contribution in [1.82, 2.24) is 4.90 Å². The van der Waals surface area contributed by atoms with Crippen LogP contribution in [-0.4, -0.2) is 41.9 Å². The molecule has 0 spiro atoms. The molecular weight excluding hydrogens is 218 g/mol. The molecule has 0 aromatic heterocycles. The Morgan fingerprint density at radius 2 is 2.06 bits per heavy atom. The molecule has 0 bridgehead atoms. The van der Waals surface area contributed by atoms with Gasteiger partial charge in [-0.05, 0) is 33.6 Å². The number of hydrogen-bond acceptors (Lipinski definition) is 3. The second kappa shape index (κ2) is 5.63. The van der Waals surface area contributed by atoms with E-state index in [0.717, 1.165) is 19.4 Å². The third-order valence-corrected chi connectivity index (χ3v) is 3.35. The molecular formula is C13H23NO3. The van der Waals surface area contributed by atoms with E-state index in [-0.39, 0.29) is 17.7 Å². The maximum atomic E-state index is 12.1. The van der Waals surface area contributed by atoms with E-state index in [0.29, 0.717) is 12.8 Å². The summed E-state index contributed by atoms with van der Waals surface area (Å²) in [5.41, 5.74) is -0.430. The number of ketones is 1. The first-order chi connectivity index (χ1) is 7.85. The minimum Gasteiger partial charge on any atom is -0.378 e. The lowest BCUT2D eigenvalue weighted by Gasteiger charge is -2.29. The van der Waals surface area contributed by atoms with Crippen LogP contribution in [0.4, 0.5) is 0 Å². The van der Waals surface area contributed by atoms with Gasteiger partial charge in [0.05, 0.1) is 12.0 Å². The zero-order valence-electron chi connectivity index (χ0n) is 11.3. The van der Waals surface area contributed by atoms with E-state index in [2.05, 4.69) is 0 Å². The third-order valence-electron chi connectivity index (χ3n) is 3.35. The van der Waals surface area contributed by atoms with Crippen LogP contribution in [0.25, 0.3) is 0 Å². The molecule has 1 heterocycles. The molecule has 4 nitrogen and oxygen atoms in total. The van der Waals surface area contributed by atoms with Crippen LogP contribution >= 0.6 is 0 Å². The zero-order chi connectivity index (χ0) is 13.1. The van der Waals surface area contributed by atoms with Gasteiger partial charge in [-0.2, -0.15) is 0 Å². The molecule has 1 amide bonds. The summed E-state index contributed by atoms with van der Waals surface area (Å²) < 4.78 is 5.27. The molecule has 0 aromatic rings. The Labute approximate surface area is 103 Å². The number of amides is 1. The van der Waals surface area contributed by atoms with Crippen LogP contribution in [0.1, 0.15) is 46.5 Å². The Morgan fingerprint density at radius 1 is 1.41 bits per heavy atom. The number of ether oxygens (including phenoxy) is 1. The lowest BCUT2D eigenvalue weighted by molar-refractivity contribution is -0.137. The summed E-state index contributed by atoms with van der Waals surface area (Å²) in [5.74, 6) is 0.251. The van der Waals surface area contributed by atoms with E-state index in [4.69, 9.17) is 4.74 Å². The highest BCUT2D eigenvalue weighted by atomic mass is 16.5. The fourth-order valence-corrected chi connectivity index (χ4v) is 2.25. The van der Waals surface area contributed by atoms with E-state index in [1.165, 1.54) is 0 Å². The molecule has 17 heavy (non-hydrogen) atoms. The van der Waals surface area contributed by atoms with Crippen LogP contribution in [0.3, 0.4) is 0 Å². The molecule has 0 aliphatic carbocycles. The van der Waals surface area contributed by atoms with E-state index in [1.54, 1.807) is 14.0 Å². The monoisotopic (exact) mass is 241 g/mol. The van der Waals surface area contributed by atoms with E-state index < -0.39 is 5.60 Å². The second-order valence-corrected chi connectivity index (χ2v) is 5.43. The van der Waals surface area contributed by atoms with Crippen LogP contribution in [0.2, 0.25) is 0 Å². The highest BCUT2D eigenvalue weighted by Gasteiger charge is 2.32. The van der Waals surface area contributed by atoms with E-state index in [9.17, 15) is 9.59 Å². The Kier molecular flexibility index (Phi) is 4.69. The molecule has 1 aliphatic heterocycles. The zero-order valence-corrected chi connectivity index (χ0v) is 11.3. The van der Waals surface area contributed by atoms with Gasteiger partial charge < -0.3 is 9.64 Å². The normalized spacial score (nSPS) is 20.7. The Bertz CT molecular complexity index is 299. The summed E-state index contributed by atoms with van der Waals surface area (Å²) >= 11 is 0. The summed E-state index contributed by atoms with van der Waals surface area (Å²) in [6, 6.07) is 0.104. The highest BCUT2D eigenvalue weighted by molar-refractivity contribution is 5.80. The van der Waals surface area contributed by atoms with E-state index >= 15 is 0 Å². The first-order valence-corrected chi connectivity index (χ1v) is 6.20. The van der Waals surface area contributed by atoms with Gasteiger partial charge in [0.25, 0.3) is 0 Å². The number of Topliss-reactive ketones (excluding diaryl/α,β-unsaturated/α-hetero) is 1. The predicted octanol–water partition coefficient (Wildman–Crippen LogP) is 1.77. The van der Waals surface area contributed by atoms with Crippen LogP contribution in [0, 0.1) is 0 Å². The van der Waals surface area contributed by atoms with Gasteiger partial charge in [0.1, 0.15) is 5.78 Å². The topological polar surface area (TPSA) is 46.6 Å². The molecule has 0 radical (unpaired) electrons. The molecule has 1 unspecified atom stereocenters. The maximum absolute atomic E-state index is 12.1. The molecule has 0 N–H and O–H groups in total. The van der Waals surface area contributed by atoms with Crippen LogP contribution in [0.15, 0.2) is 0 Å². The average molecular weight is 241 g/mol. The van der Waals surface area contributed by atoms with Crippen molar-refractivity contribution in [1.29, 1.82) is 0 Å². The molecule has 0 saturated carbocycles. The molecule has 1 saturated heterocycles. The average Bonchev–Trinajstić information content (AvgIpc) is 2.64. The van der Waals surface area contributed by atoms with Gasteiger partial charge in [-0.15, -0.1) is 0 Å². The lowest BCUT2D eigenvalue weighted by Crippen LogP contribution is -2.40. The molecule has 1 fully saturated rings. The quantitative estimate of drug-likeness (QED) is 0.737. The van der Waals surface area contributed by atoms with Crippen LogP contribution in [0.5, 0.6) is 0 Å². The van der Waals surface area contributed by atoms with Crippen molar-refractivity contribution in [3.63, 3.8) is 0 Å².